The van der Waals surface area contributed by atoms with Crippen LogP contribution in [0.25, 0.3) is 0 Å². The fourth-order valence-electron chi connectivity index (χ4n) is 6.00. The van der Waals surface area contributed by atoms with Crippen molar-refractivity contribution >= 4 is 11.8 Å². The Morgan fingerprint density at radius 1 is 0.886 bits per heavy atom. The summed E-state index contributed by atoms with van der Waals surface area (Å²) in [4.78, 5) is 31.1. The first-order valence-electron chi connectivity index (χ1n) is 13.1. The van der Waals surface area contributed by atoms with Crippen molar-refractivity contribution in [2.75, 3.05) is 39.8 Å². The summed E-state index contributed by atoms with van der Waals surface area (Å²) in [5.41, 5.74) is 5.63. The number of piperidine rings is 1. The van der Waals surface area contributed by atoms with E-state index in [-0.39, 0.29) is 17.9 Å². The Labute approximate surface area is 209 Å². The summed E-state index contributed by atoms with van der Waals surface area (Å²) >= 11 is 0. The van der Waals surface area contributed by atoms with Gasteiger partial charge in [-0.05, 0) is 61.4 Å². The predicted octanol–water partition coefficient (Wildman–Crippen LogP) is 3.86. The van der Waals surface area contributed by atoms with Gasteiger partial charge in [0, 0.05) is 38.3 Å². The lowest BCUT2D eigenvalue weighted by atomic mass is 9.92. The molecule has 3 fully saturated rings. The zero-order valence-corrected chi connectivity index (χ0v) is 21.2. The second kappa shape index (κ2) is 9.75. The smallest absolute Gasteiger partial charge is 0.254 e. The minimum Gasteiger partial charge on any atom is -0.329 e. The number of nitrogens with one attached hydrogen (secondary N) is 1. The molecule has 2 aliphatic heterocycles. The topological polar surface area (TPSA) is 55.9 Å². The van der Waals surface area contributed by atoms with E-state index in [4.69, 9.17) is 0 Å². The van der Waals surface area contributed by atoms with E-state index in [9.17, 15) is 9.59 Å². The number of carbonyl (C=O) groups is 2. The van der Waals surface area contributed by atoms with Crippen LogP contribution in [0.5, 0.6) is 0 Å². The molecule has 0 spiro atoms. The van der Waals surface area contributed by atoms with Gasteiger partial charge >= 0.3 is 0 Å². The van der Waals surface area contributed by atoms with Crippen molar-refractivity contribution < 1.29 is 9.59 Å². The summed E-state index contributed by atoms with van der Waals surface area (Å²) in [5, 5.41) is 2.11. The van der Waals surface area contributed by atoms with Crippen molar-refractivity contribution in [3.05, 3.63) is 71.3 Å². The fourth-order valence-corrected chi connectivity index (χ4v) is 6.00. The monoisotopic (exact) mass is 474 g/mol. The van der Waals surface area contributed by atoms with Crippen molar-refractivity contribution in [3.8, 4) is 0 Å². The molecule has 1 unspecified atom stereocenters. The molecule has 186 valence electrons. The normalized spacial score (nSPS) is 26.8. The van der Waals surface area contributed by atoms with Crippen LogP contribution < -0.4 is 5.43 Å². The minimum atomic E-state index is -0.452. The summed E-state index contributed by atoms with van der Waals surface area (Å²) in [6.07, 6.45) is 2.94. The molecule has 0 aromatic heterocycles. The number of benzene rings is 2. The van der Waals surface area contributed by atoms with Gasteiger partial charge in [0.2, 0.25) is 5.91 Å². The molecule has 6 nitrogen and oxygen atoms in total. The van der Waals surface area contributed by atoms with E-state index < -0.39 is 5.41 Å². The van der Waals surface area contributed by atoms with Gasteiger partial charge in [-0.2, -0.15) is 0 Å². The van der Waals surface area contributed by atoms with Gasteiger partial charge in [0.15, 0.2) is 0 Å². The molecule has 5 rings (SSSR count). The zero-order chi connectivity index (χ0) is 24.6. The summed E-state index contributed by atoms with van der Waals surface area (Å²) in [5.74, 6) is 1.34. The van der Waals surface area contributed by atoms with Gasteiger partial charge in [0.05, 0.1) is 11.5 Å². The second-order valence-corrected chi connectivity index (χ2v) is 11.1. The van der Waals surface area contributed by atoms with Gasteiger partial charge in [0.1, 0.15) is 0 Å². The molecule has 0 bridgehead atoms. The van der Waals surface area contributed by atoms with Crippen LogP contribution in [0, 0.1) is 11.8 Å². The number of rotatable bonds is 5. The van der Waals surface area contributed by atoms with Gasteiger partial charge < -0.3 is 9.80 Å². The molecule has 2 saturated heterocycles. The molecule has 35 heavy (non-hydrogen) atoms. The van der Waals surface area contributed by atoms with Crippen LogP contribution in [0.2, 0.25) is 0 Å². The third kappa shape index (κ3) is 5.00. The Kier molecular flexibility index (Phi) is 6.69. The molecule has 1 N–H and O–H groups in total. The number of carbonyl (C=O) groups excluding carboxylic acids is 2. The first-order valence-corrected chi connectivity index (χ1v) is 13.1. The number of hydrazine groups is 1. The SMILES string of the molecule is C[C@@H]1C[C@H](C)CN(NC(=O)C2(c3ccc(C(=O)N4CCN(C)CC4c4ccccc4)cc3)CC2)C1. The summed E-state index contributed by atoms with van der Waals surface area (Å²) in [7, 11) is 2.11. The van der Waals surface area contributed by atoms with Crippen molar-refractivity contribution in [3.63, 3.8) is 0 Å². The van der Waals surface area contributed by atoms with Gasteiger partial charge in [-0.25, -0.2) is 5.01 Å². The molecule has 1 saturated carbocycles. The number of likely N-dealkylation sites (N-methyl/N-ethyl adjacent to an activating group) is 1. The number of nitrogens with zero attached hydrogens (tertiary/aromatic N) is 3. The molecule has 2 heterocycles. The third-order valence-corrected chi connectivity index (χ3v) is 8.03. The van der Waals surface area contributed by atoms with E-state index in [1.165, 1.54) is 12.0 Å². The maximum atomic E-state index is 13.5. The number of hydrogen-bond donors (Lipinski definition) is 1. The molecule has 3 aliphatic rings. The van der Waals surface area contributed by atoms with E-state index in [1.54, 1.807) is 0 Å². The zero-order valence-electron chi connectivity index (χ0n) is 21.2. The maximum Gasteiger partial charge on any atom is 0.254 e. The molecule has 2 aromatic carbocycles. The Hall–Kier alpha value is -2.70. The van der Waals surface area contributed by atoms with E-state index >= 15 is 0 Å². The van der Waals surface area contributed by atoms with Crippen molar-refractivity contribution in [2.45, 2.75) is 44.6 Å². The molecule has 6 heteroatoms. The summed E-state index contributed by atoms with van der Waals surface area (Å²) in [6.45, 7) is 8.71. The minimum absolute atomic E-state index is 0.0389. The molecular formula is C29H38N4O2. The number of piperazine rings is 1. The standard InChI is InChI=1S/C29H38N4O2/c1-21-17-22(2)19-32(18-21)30-28(35)29(13-14-29)25-11-9-24(10-12-25)27(34)33-16-15-31(3)20-26(33)23-7-5-4-6-8-23/h4-12,21-22,26H,13-20H2,1-3H3,(H,30,35)/t21-,22+,26?. The molecule has 0 radical (unpaired) electrons. The molecule has 3 atom stereocenters. The average Bonchev–Trinajstić information content (AvgIpc) is 3.66. The van der Waals surface area contributed by atoms with Crippen molar-refractivity contribution in [1.82, 2.24) is 20.2 Å². The fraction of sp³-hybridized carbons (Fsp3) is 0.517. The highest BCUT2D eigenvalue weighted by Crippen LogP contribution is 2.48. The highest BCUT2D eigenvalue weighted by Gasteiger charge is 2.52. The molecule has 2 aromatic rings. The van der Waals surface area contributed by atoms with E-state index in [0.717, 1.165) is 44.6 Å². The van der Waals surface area contributed by atoms with Gasteiger partial charge in [-0.15, -0.1) is 0 Å². The third-order valence-electron chi connectivity index (χ3n) is 8.03. The van der Waals surface area contributed by atoms with Crippen LogP contribution >= 0.6 is 0 Å². The average molecular weight is 475 g/mol. The lowest BCUT2D eigenvalue weighted by molar-refractivity contribution is -0.129. The van der Waals surface area contributed by atoms with Crippen LogP contribution in [0.15, 0.2) is 54.6 Å². The van der Waals surface area contributed by atoms with Crippen molar-refractivity contribution in [1.29, 1.82) is 0 Å². The largest absolute Gasteiger partial charge is 0.329 e. The molecular weight excluding hydrogens is 436 g/mol. The first-order chi connectivity index (χ1) is 16.9. The van der Waals surface area contributed by atoms with Gasteiger partial charge in [0.25, 0.3) is 5.91 Å². The van der Waals surface area contributed by atoms with E-state index in [2.05, 4.69) is 48.4 Å². The van der Waals surface area contributed by atoms with Crippen LogP contribution in [0.4, 0.5) is 0 Å². The lowest BCUT2D eigenvalue weighted by Crippen LogP contribution is -2.52. The van der Waals surface area contributed by atoms with Crippen LogP contribution in [-0.4, -0.2) is 66.4 Å². The van der Waals surface area contributed by atoms with Gasteiger partial charge in [-0.3, -0.25) is 15.0 Å². The van der Waals surface area contributed by atoms with Gasteiger partial charge in [-0.1, -0.05) is 56.3 Å². The number of amides is 2. The Bertz CT molecular complexity index is 1040. The number of hydrogen-bond acceptors (Lipinski definition) is 4. The summed E-state index contributed by atoms with van der Waals surface area (Å²) < 4.78 is 0. The maximum absolute atomic E-state index is 13.5. The summed E-state index contributed by atoms with van der Waals surface area (Å²) in [6, 6.07) is 18.1. The molecule has 1 aliphatic carbocycles. The van der Waals surface area contributed by atoms with Crippen molar-refractivity contribution in [2.24, 2.45) is 11.8 Å². The Morgan fingerprint density at radius 2 is 1.54 bits per heavy atom. The van der Waals surface area contributed by atoms with E-state index in [0.29, 0.717) is 23.9 Å². The first kappa shape index (κ1) is 24.0. The highest BCUT2D eigenvalue weighted by molar-refractivity contribution is 5.95. The highest BCUT2D eigenvalue weighted by atomic mass is 16.2. The van der Waals surface area contributed by atoms with E-state index in [1.807, 2.05) is 47.4 Å². The Morgan fingerprint density at radius 3 is 2.17 bits per heavy atom. The van der Waals surface area contributed by atoms with Crippen LogP contribution in [0.1, 0.15) is 60.6 Å². The molecule has 2 amide bonds. The Balaban J connectivity index is 1.29. The quantitative estimate of drug-likeness (QED) is 0.715. The van der Waals surface area contributed by atoms with Crippen LogP contribution in [-0.2, 0) is 10.2 Å². The lowest BCUT2D eigenvalue weighted by Gasteiger charge is -2.40. The predicted molar refractivity (Wildman–Crippen MR) is 138 cm³/mol. The second-order valence-electron chi connectivity index (χ2n) is 11.1. The van der Waals surface area contributed by atoms with Crippen LogP contribution in [0.3, 0.4) is 0 Å².